The highest BCUT2D eigenvalue weighted by molar-refractivity contribution is 5.72. The highest BCUT2D eigenvalue weighted by Gasteiger charge is 2.06. The van der Waals surface area contributed by atoms with Crippen LogP contribution in [0.25, 0.3) is 0 Å². The van der Waals surface area contributed by atoms with Crippen LogP contribution in [0.2, 0.25) is 0 Å². The Balaban J connectivity index is 3.57. The Kier molecular flexibility index (Phi) is 5.71. The monoisotopic (exact) mass is 186 g/mol. The van der Waals surface area contributed by atoms with Crippen LogP contribution in [0.5, 0.6) is 0 Å². The lowest BCUT2D eigenvalue weighted by Gasteiger charge is -2.20. The van der Waals surface area contributed by atoms with Gasteiger partial charge in [-0.2, -0.15) is 0 Å². The van der Waals surface area contributed by atoms with Crippen LogP contribution >= 0.6 is 0 Å². The zero-order chi connectivity index (χ0) is 10.4. The van der Waals surface area contributed by atoms with Gasteiger partial charge in [-0.25, -0.2) is 0 Å². The van der Waals surface area contributed by atoms with Crippen molar-refractivity contribution < 1.29 is 4.79 Å². The molecule has 0 aliphatic rings. The average molecular weight is 186 g/mol. The smallest absolute Gasteiger partial charge is 0.219 e. The number of rotatable bonds is 5. The van der Waals surface area contributed by atoms with E-state index in [2.05, 4.69) is 26.1 Å². The first-order valence-corrected chi connectivity index (χ1v) is 4.91. The first-order chi connectivity index (χ1) is 5.93. The summed E-state index contributed by atoms with van der Waals surface area (Å²) in [5.41, 5.74) is 0. The fraction of sp³-hybridized carbons (Fsp3) is 0.900. The summed E-state index contributed by atoms with van der Waals surface area (Å²) in [4.78, 5) is 12.6. The van der Waals surface area contributed by atoms with Crippen LogP contribution in [0.4, 0.5) is 0 Å². The molecule has 1 N–H and O–H groups in total. The number of carbonyl (C=O) groups is 1. The molecule has 0 rings (SSSR count). The van der Waals surface area contributed by atoms with E-state index in [1.807, 2.05) is 7.05 Å². The second-order valence-corrected chi connectivity index (χ2v) is 3.95. The number of hydrogen-bond donors (Lipinski definition) is 1. The summed E-state index contributed by atoms with van der Waals surface area (Å²) >= 11 is 0. The van der Waals surface area contributed by atoms with E-state index in [9.17, 15) is 4.79 Å². The van der Waals surface area contributed by atoms with E-state index < -0.39 is 0 Å². The van der Waals surface area contributed by atoms with Crippen LogP contribution < -0.4 is 5.32 Å². The second kappa shape index (κ2) is 5.97. The first kappa shape index (κ1) is 12.4. The Morgan fingerprint density at radius 3 is 2.31 bits per heavy atom. The number of hydrogen-bond acceptors (Lipinski definition) is 2. The summed E-state index contributed by atoms with van der Waals surface area (Å²) < 4.78 is 0. The van der Waals surface area contributed by atoms with Gasteiger partial charge in [0.1, 0.15) is 0 Å². The van der Waals surface area contributed by atoms with Crippen molar-refractivity contribution in [3.8, 4) is 0 Å². The summed E-state index contributed by atoms with van der Waals surface area (Å²) in [6.07, 6.45) is 1.01. The maximum atomic E-state index is 10.9. The van der Waals surface area contributed by atoms with Crippen LogP contribution in [0.15, 0.2) is 0 Å². The van der Waals surface area contributed by atoms with Gasteiger partial charge in [0.2, 0.25) is 5.91 Å². The van der Waals surface area contributed by atoms with Crippen LogP contribution in [-0.4, -0.2) is 36.5 Å². The molecular formula is C10H22N2O. The minimum Gasteiger partial charge on any atom is -0.346 e. The highest BCUT2D eigenvalue weighted by Crippen LogP contribution is 1.95. The third-order valence-electron chi connectivity index (χ3n) is 2.05. The van der Waals surface area contributed by atoms with Gasteiger partial charge in [-0.3, -0.25) is 4.79 Å². The molecule has 1 unspecified atom stereocenters. The van der Waals surface area contributed by atoms with Crippen molar-refractivity contribution >= 4 is 5.91 Å². The molecule has 0 bridgehead atoms. The molecule has 0 aromatic carbocycles. The maximum Gasteiger partial charge on any atom is 0.219 e. The molecule has 0 fully saturated rings. The van der Waals surface area contributed by atoms with Crippen molar-refractivity contribution in [2.45, 2.75) is 46.2 Å². The van der Waals surface area contributed by atoms with Crippen LogP contribution in [-0.2, 0) is 4.79 Å². The largest absolute Gasteiger partial charge is 0.346 e. The molecular weight excluding hydrogens is 164 g/mol. The van der Waals surface area contributed by atoms with Gasteiger partial charge in [0.25, 0.3) is 0 Å². The van der Waals surface area contributed by atoms with Gasteiger partial charge in [0.05, 0.1) is 0 Å². The van der Waals surface area contributed by atoms with Crippen LogP contribution in [0.1, 0.15) is 34.1 Å². The van der Waals surface area contributed by atoms with E-state index in [1.165, 1.54) is 0 Å². The number of nitrogens with zero attached hydrogens (tertiary/aromatic N) is 1. The van der Waals surface area contributed by atoms with Crippen molar-refractivity contribution in [3.63, 3.8) is 0 Å². The Bertz CT molecular complexity index is 157. The third kappa shape index (κ3) is 6.58. The molecule has 0 radical (unpaired) electrons. The van der Waals surface area contributed by atoms with E-state index in [0.29, 0.717) is 12.1 Å². The zero-order valence-corrected chi connectivity index (χ0v) is 9.42. The molecule has 0 spiro atoms. The SMILES string of the molecule is CC(=O)N(C)CCC(C)NC(C)C. The maximum absolute atomic E-state index is 10.9. The molecule has 13 heavy (non-hydrogen) atoms. The normalized spacial score (nSPS) is 13.1. The topological polar surface area (TPSA) is 32.3 Å². The molecule has 3 nitrogen and oxygen atoms in total. The Labute approximate surface area is 81.5 Å². The van der Waals surface area contributed by atoms with Gasteiger partial charge in [-0.05, 0) is 13.3 Å². The fourth-order valence-electron chi connectivity index (χ4n) is 1.20. The fourth-order valence-corrected chi connectivity index (χ4v) is 1.20. The van der Waals surface area contributed by atoms with Crippen molar-refractivity contribution in [2.24, 2.45) is 0 Å². The second-order valence-electron chi connectivity index (χ2n) is 3.95. The molecule has 0 aromatic heterocycles. The molecule has 0 aliphatic carbocycles. The van der Waals surface area contributed by atoms with Crippen LogP contribution in [0.3, 0.4) is 0 Å². The first-order valence-electron chi connectivity index (χ1n) is 4.91. The molecule has 1 amide bonds. The molecule has 3 heteroatoms. The Morgan fingerprint density at radius 2 is 1.92 bits per heavy atom. The quantitative estimate of drug-likeness (QED) is 0.700. The lowest BCUT2D eigenvalue weighted by molar-refractivity contribution is -0.127. The van der Waals surface area contributed by atoms with Gasteiger partial charge in [-0.15, -0.1) is 0 Å². The molecule has 0 heterocycles. The molecule has 0 saturated heterocycles. The predicted molar refractivity (Wildman–Crippen MR) is 55.7 cm³/mol. The van der Waals surface area contributed by atoms with E-state index in [0.717, 1.165) is 13.0 Å². The lowest BCUT2D eigenvalue weighted by atomic mass is 10.2. The van der Waals surface area contributed by atoms with Crippen LogP contribution in [0, 0.1) is 0 Å². The highest BCUT2D eigenvalue weighted by atomic mass is 16.2. The van der Waals surface area contributed by atoms with Gasteiger partial charge < -0.3 is 10.2 Å². The van der Waals surface area contributed by atoms with E-state index in [4.69, 9.17) is 0 Å². The predicted octanol–water partition coefficient (Wildman–Crippen LogP) is 1.24. The Hall–Kier alpha value is -0.570. The Morgan fingerprint density at radius 1 is 1.38 bits per heavy atom. The van der Waals surface area contributed by atoms with E-state index in [-0.39, 0.29) is 5.91 Å². The summed E-state index contributed by atoms with van der Waals surface area (Å²) in [6.45, 7) is 8.83. The minimum absolute atomic E-state index is 0.136. The van der Waals surface area contributed by atoms with Gasteiger partial charge in [0, 0.05) is 32.6 Å². The molecule has 0 aliphatic heterocycles. The summed E-state index contributed by atoms with van der Waals surface area (Å²) in [5.74, 6) is 0.136. The molecule has 78 valence electrons. The van der Waals surface area contributed by atoms with Crippen molar-refractivity contribution in [1.29, 1.82) is 0 Å². The number of nitrogens with one attached hydrogen (secondary N) is 1. The molecule has 0 aromatic rings. The van der Waals surface area contributed by atoms with Crippen molar-refractivity contribution in [1.82, 2.24) is 10.2 Å². The zero-order valence-electron chi connectivity index (χ0n) is 9.42. The van der Waals surface area contributed by atoms with Gasteiger partial charge >= 0.3 is 0 Å². The van der Waals surface area contributed by atoms with Crippen molar-refractivity contribution in [2.75, 3.05) is 13.6 Å². The summed E-state index contributed by atoms with van der Waals surface area (Å²) in [7, 11) is 1.84. The standard InChI is InChI=1S/C10H22N2O/c1-8(2)11-9(3)6-7-12(5)10(4)13/h8-9,11H,6-7H2,1-5H3. The summed E-state index contributed by atoms with van der Waals surface area (Å²) in [5, 5.41) is 3.40. The lowest BCUT2D eigenvalue weighted by Crippen LogP contribution is -2.36. The van der Waals surface area contributed by atoms with Gasteiger partial charge in [-0.1, -0.05) is 13.8 Å². The van der Waals surface area contributed by atoms with E-state index in [1.54, 1.807) is 11.8 Å². The minimum atomic E-state index is 0.136. The average Bonchev–Trinajstić information content (AvgIpc) is 1.98. The summed E-state index contributed by atoms with van der Waals surface area (Å²) in [6, 6.07) is 0.986. The van der Waals surface area contributed by atoms with E-state index >= 15 is 0 Å². The molecule has 1 atom stereocenters. The van der Waals surface area contributed by atoms with Gasteiger partial charge in [0.15, 0.2) is 0 Å². The number of amides is 1. The van der Waals surface area contributed by atoms with Crippen molar-refractivity contribution in [3.05, 3.63) is 0 Å². The number of carbonyl (C=O) groups excluding carboxylic acids is 1. The molecule has 0 saturated carbocycles. The third-order valence-corrected chi connectivity index (χ3v) is 2.05.